The van der Waals surface area contributed by atoms with Crippen LogP contribution >= 0.6 is 0 Å². The van der Waals surface area contributed by atoms with Gasteiger partial charge in [-0.15, -0.1) is 0 Å². The van der Waals surface area contributed by atoms with Gasteiger partial charge in [0.15, 0.2) is 0 Å². The minimum atomic E-state index is -4.03. The summed E-state index contributed by atoms with van der Waals surface area (Å²) >= 11 is 0. The van der Waals surface area contributed by atoms with E-state index in [1.54, 1.807) is 36.4 Å². The number of hydrogen-bond donors (Lipinski definition) is 0. The summed E-state index contributed by atoms with van der Waals surface area (Å²) < 4.78 is 84.4. The van der Waals surface area contributed by atoms with E-state index < -0.39 is 30.1 Å². The fourth-order valence-electron chi connectivity index (χ4n) is 4.12. The van der Waals surface area contributed by atoms with Gasteiger partial charge in [0, 0.05) is 20.4 Å². The first-order valence-electron chi connectivity index (χ1n) is 13.9. The summed E-state index contributed by atoms with van der Waals surface area (Å²) in [5.41, 5.74) is 2.66. The van der Waals surface area contributed by atoms with Crippen LogP contribution in [0.3, 0.4) is 0 Å². The molecule has 0 spiro atoms. The van der Waals surface area contributed by atoms with E-state index in [0.29, 0.717) is 0 Å². The van der Waals surface area contributed by atoms with E-state index in [2.05, 4.69) is 35.5 Å². The van der Waals surface area contributed by atoms with Crippen LogP contribution in [0.1, 0.15) is 16.7 Å². The van der Waals surface area contributed by atoms with Crippen molar-refractivity contribution >= 4 is 30.1 Å². The van der Waals surface area contributed by atoms with E-state index in [0.717, 1.165) is 29.6 Å². The summed E-state index contributed by atoms with van der Waals surface area (Å²) in [6.07, 6.45) is 0. The van der Waals surface area contributed by atoms with E-state index in [-0.39, 0.29) is 74.4 Å². The summed E-state index contributed by atoms with van der Waals surface area (Å²) in [5.74, 6) is 16.7. The van der Waals surface area contributed by atoms with E-state index in [9.17, 15) is 25.3 Å². The molecule has 1 heterocycles. The summed E-state index contributed by atoms with van der Waals surface area (Å²) in [6, 6.07) is 19.0. The Morgan fingerprint density at radius 3 is 0.739 bits per heavy atom. The van der Waals surface area contributed by atoms with Crippen LogP contribution in [0.5, 0.6) is 0 Å². The first-order chi connectivity index (χ1) is 21.3. The quantitative estimate of drug-likeness (QED) is 0.282. The Balaban J connectivity index is 0.00000576. The Bertz CT molecular complexity index is 1780. The molecule has 0 saturated carbocycles. The molecule has 0 aliphatic carbocycles. The molecule has 0 radical (unpaired) electrons. The molecule has 0 bridgehead atoms. The zero-order valence-electron chi connectivity index (χ0n) is 25.5. The molecule has 0 saturated heterocycles. The van der Waals surface area contributed by atoms with Crippen molar-refractivity contribution in [3.05, 3.63) is 89.5 Å². The summed E-state index contributed by atoms with van der Waals surface area (Å²) in [6.45, 7) is 3.94. The van der Waals surface area contributed by atoms with Crippen molar-refractivity contribution < 1.29 is 45.7 Å². The fourth-order valence-corrected chi connectivity index (χ4v) is 7.86. The van der Waals surface area contributed by atoms with Crippen molar-refractivity contribution in [3.8, 4) is 35.5 Å². The first kappa shape index (κ1) is 37.2. The average Bonchev–Trinajstić information content (AvgIpc) is 3.01. The minimum Gasteiger partial charge on any atom is -0.207 e. The van der Waals surface area contributed by atoms with E-state index in [4.69, 9.17) is 0 Å². The fraction of sp³-hybridized carbons (Fsp3) is 0.273. The molecule has 3 aromatic carbocycles. The molecule has 0 N–H and O–H groups in total. The molecule has 1 aliphatic rings. The second-order valence-corrected chi connectivity index (χ2v) is 16.1. The molecule has 0 atom stereocenters. The van der Waals surface area contributed by atoms with Crippen molar-refractivity contribution in [3.63, 3.8) is 0 Å². The second-order valence-electron chi connectivity index (χ2n) is 10.3. The van der Waals surface area contributed by atoms with Gasteiger partial charge in [-0.05, 0) is 57.2 Å². The normalized spacial score (nSPS) is 15.7. The Morgan fingerprint density at radius 2 is 0.565 bits per heavy atom. The standard InChI is InChI=1S/C33H33N3O6S3.Pd/c1-28-10-16-31(17-11-28)43(37,38)34-22-4-6-24-35(44(39,40)32-18-12-29(2)13-19-32)26-8-9-27-36(25-7-5-23-34)45(41,42)33-20-14-30(3)15-21-33;/h10-21H,22-27H2,1-3H3;. The van der Waals surface area contributed by atoms with Crippen molar-refractivity contribution in [2.24, 2.45) is 0 Å². The maximum atomic E-state index is 13.5. The van der Waals surface area contributed by atoms with Crippen LogP contribution in [0.2, 0.25) is 0 Å². The maximum Gasteiger partial charge on any atom is 0.244 e. The van der Waals surface area contributed by atoms with Crippen LogP contribution in [-0.2, 0) is 50.5 Å². The van der Waals surface area contributed by atoms with Gasteiger partial charge >= 0.3 is 0 Å². The third-order valence-electron chi connectivity index (χ3n) is 6.88. The van der Waals surface area contributed by atoms with E-state index in [1.165, 1.54) is 36.4 Å². The monoisotopic (exact) mass is 769 g/mol. The molecule has 4 rings (SSSR count). The minimum absolute atomic E-state index is 0. The molecule has 46 heavy (non-hydrogen) atoms. The van der Waals surface area contributed by atoms with Gasteiger partial charge in [-0.3, -0.25) is 0 Å². The van der Waals surface area contributed by atoms with Gasteiger partial charge in [0.05, 0.1) is 54.0 Å². The van der Waals surface area contributed by atoms with E-state index in [1.807, 2.05) is 20.8 Å². The van der Waals surface area contributed by atoms with Gasteiger partial charge in [0.2, 0.25) is 30.1 Å². The van der Waals surface area contributed by atoms with Crippen LogP contribution < -0.4 is 0 Å². The van der Waals surface area contributed by atoms with Crippen molar-refractivity contribution in [1.82, 2.24) is 12.9 Å². The molecular formula is C33H33N3O6PdS3. The Labute approximate surface area is 286 Å². The molecule has 0 aromatic heterocycles. The first-order valence-corrected chi connectivity index (χ1v) is 18.2. The summed E-state index contributed by atoms with van der Waals surface area (Å²) in [4.78, 5) is 0.153. The van der Waals surface area contributed by atoms with Crippen LogP contribution in [-0.4, -0.2) is 77.4 Å². The molecule has 9 nitrogen and oxygen atoms in total. The summed E-state index contributed by atoms with van der Waals surface area (Å²) in [7, 11) is -12.1. The number of nitrogens with zero attached hydrogens (tertiary/aromatic N) is 3. The number of hydrogen-bond acceptors (Lipinski definition) is 6. The van der Waals surface area contributed by atoms with Crippen LogP contribution in [0.4, 0.5) is 0 Å². The van der Waals surface area contributed by atoms with Crippen molar-refractivity contribution in [2.45, 2.75) is 35.5 Å². The van der Waals surface area contributed by atoms with Crippen molar-refractivity contribution in [2.75, 3.05) is 39.3 Å². The van der Waals surface area contributed by atoms with Crippen molar-refractivity contribution in [1.29, 1.82) is 0 Å². The largest absolute Gasteiger partial charge is 0.244 e. The van der Waals surface area contributed by atoms with Gasteiger partial charge in [-0.25, -0.2) is 25.3 Å². The zero-order chi connectivity index (χ0) is 32.7. The van der Waals surface area contributed by atoms with E-state index >= 15 is 0 Å². The Hall–Kier alpha value is -3.27. The molecule has 0 unspecified atom stereocenters. The van der Waals surface area contributed by atoms with Gasteiger partial charge in [0.25, 0.3) is 0 Å². The summed E-state index contributed by atoms with van der Waals surface area (Å²) in [5, 5.41) is 0. The number of benzene rings is 3. The molecule has 0 amide bonds. The zero-order valence-corrected chi connectivity index (χ0v) is 29.5. The third-order valence-corrected chi connectivity index (χ3v) is 12.3. The topological polar surface area (TPSA) is 112 Å². The SMILES string of the molecule is Cc1ccc(S(=O)(=O)N2CC#CCN(S(=O)(=O)c3ccc(C)cc3)CC#CCN(S(=O)(=O)c3ccc(C)cc3)CC#CC2)cc1.[Pd]. The maximum absolute atomic E-state index is 13.5. The molecule has 3 aromatic rings. The Morgan fingerprint density at radius 1 is 0.391 bits per heavy atom. The average molecular weight is 770 g/mol. The third kappa shape index (κ3) is 9.17. The number of sulfonamides is 3. The van der Waals surface area contributed by atoms with Crippen LogP contribution in [0.25, 0.3) is 0 Å². The second kappa shape index (κ2) is 16.0. The van der Waals surface area contributed by atoms with Gasteiger partial charge in [0.1, 0.15) is 0 Å². The van der Waals surface area contributed by atoms with Crippen LogP contribution in [0, 0.1) is 56.3 Å². The smallest absolute Gasteiger partial charge is 0.207 e. The molecule has 13 heteroatoms. The molecule has 244 valence electrons. The predicted molar refractivity (Wildman–Crippen MR) is 173 cm³/mol. The molecule has 0 fully saturated rings. The molecule has 1 aliphatic heterocycles. The Kier molecular flexibility index (Phi) is 13.0. The van der Waals surface area contributed by atoms with Gasteiger partial charge in [-0.2, -0.15) is 12.9 Å². The van der Waals surface area contributed by atoms with Gasteiger partial charge in [-0.1, -0.05) is 88.6 Å². The number of rotatable bonds is 6. The van der Waals surface area contributed by atoms with Crippen LogP contribution in [0.15, 0.2) is 87.5 Å². The number of aryl methyl sites for hydroxylation is 3. The molecular weight excluding hydrogens is 737 g/mol. The van der Waals surface area contributed by atoms with Gasteiger partial charge < -0.3 is 0 Å². The predicted octanol–water partition coefficient (Wildman–Crippen LogP) is 3.01.